The van der Waals surface area contributed by atoms with Crippen LogP contribution in [0.25, 0.3) is 0 Å². The Labute approximate surface area is 124 Å². The maximum Gasteiger partial charge on any atom is 0.264 e. The molecule has 3 rings (SSSR count). The monoisotopic (exact) mass is 290 g/mol. The van der Waals surface area contributed by atoms with Crippen LogP contribution in [0.2, 0.25) is 0 Å². The van der Waals surface area contributed by atoms with E-state index in [1.54, 1.807) is 17.9 Å². The second-order valence-corrected chi connectivity index (χ2v) is 6.09. The van der Waals surface area contributed by atoms with Gasteiger partial charge < -0.3 is 20.4 Å². The molecule has 1 amide bonds. The predicted molar refractivity (Wildman–Crippen MR) is 80.0 cm³/mol. The molecule has 2 aliphatic rings. The molecule has 21 heavy (non-hydrogen) atoms. The fourth-order valence-corrected chi connectivity index (χ4v) is 3.51. The van der Waals surface area contributed by atoms with Crippen LogP contribution >= 0.6 is 0 Å². The number of carbonyl (C=O) groups is 1. The van der Waals surface area contributed by atoms with Crippen molar-refractivity contribution in [2.75, 3.05) is 18.0 Å². The zero-order valence-corrected chi connectivity index (χ0v) is 12.2. The van der Waals surface area contributed by atoms with E-state index >= 15 is 0 Å². The van der Waals surface area contributed by atoms with Crippen LogP contribution in [0, 0.1) is 0 Å². The molecule has 0 saturated carbocycles. The molecule has 114 valence electrons. The average molecular weight is 290 g/mol. The van der Waals surface area contributed by atoms with Crippen molar-refractivity contribution in [3.63, 3.8) is 0 Å². The zero-order chi connectivity index (χ0) is 15.0. The predicted octanol–water partition coefficient (Wildman–Crippen LogP) is 0.744. The minimum absolute atomic E-state index is 0.0321. The molecule has 0 bridgehead atoms. The molecule has 3 N–H and O–H groups in total. The van der Waals surface area contributed by atoms with Gasteiger partial charge in [0.2, 0.25) is 0 Å². The largest absolute Gasteiger partial charge is 0.393 e. The third kappa shape index (κ3) is 2.35. The van der Waals surface area contributed by atoms with Gasteiger partial charge >= 0.3 is 0 Å². The van der Waals surface area contributed by atoms with Crippen LogP contribution < -0.4 is 10.2 Å². The third-order valence-corrected chi connectivity index (χ3v) is 4.45. The van der Waals surface area contributed by atoms with Crippen molar-refractivity contribution in [1.29, 1.82) is 0 Å². The Morgan fingerprint density at radius 3 is 2.71 bits per heavy atom. The van der Waals surface area contributed by atoms with Crippen molar-refractivity contribution in [1.82, 2.24) is 5.32 Å². The number of benzene rings is 1. The van der Waals surface area contributed by atoms with Crippen LogP contribution in [-0.2, 0) is 10.4 Å². The van der Waals surface area contributed by atoms with Crippen molar-refractivity contribution in [2.45, 2.75) is 43.9 Å². The number of nitrogens with one attached hydrogen (secondary N) is 1. The fourth-order valence-electron chi connectivity index (χ4n) is 3.51. The standard InChI is InChI=1S/C16H22N2O3/c1-11(19)10-16(21)13-4-2-3-5-14(13)18(15(16)20)12-6-8-17-9-7-12/h2-5,11-12,17,19,21H,6-10H2,1H3. The lowest BCUT2D eigenvalue weighted by Gasteiger charge is -2.33. The minimum atomic E-state index is -1.60. The first-order valence-electron chi connectivity index (χ1n) is 7.58. The molecule has 0 aromatic heterocycles. The summed E-state index contributed by atoms with van der Waals surface area (Å²) in [6.45, 7) is 3.36. The first kappa shape index (κ1) is 14.5. The van der Waals surface area contributed by atoms with Gasteiger partial charge in [-0.05, 0) is 38.9 Å². The third-order valence-electron chi connectivity index (χ3n) is 4.45. The fraction of sp³-hybridized carbons (Fsp3) is 0.562. The second-order valence-electron chi connectivity index (χ2n) is 6.09. The molecule has 1 aromatic rings. The van der Waals surface area contributed by atoms with E-state index in [0.717, 1.165) is 31.6 Å². The van der Waals surface area contributed by atoms with Gasteiger partial charge in [0.25, 0.3) is 5.91 Å². The number of aliphatic hydroxyl groups is 2. The highest BCUT2D eigenvalue weighted by molar-refractivity contribution is 6.07. The Bertz CT molecular complexity index is 540. The van der Waals surface area contributed by atoms with Crippen molar-refractivity contribution >= 4 is 11.6 Å². The molecule has 0 spiro atoms. The molecule has 0 radical (unpaired) electrons. The number of fused-ring (bicyclic) bond motifs is 1. The van der Waals surface area contributed by atoms with E-state index in [1.165, 1.54) is 0 Å². The van der Waals surface area contributed by atoms with Gasteiger partial charge in [0.05, 0.1) is 11.8 Å². The molecule has 1 fully saturated rings. The number of piperidine rings is 1. The highest BCUT2D eigenvalue weighted by atomic mass is 16.3. The van der Waals surface area contributed by atoms with Crippen LogP contribution in [0.3, 0.4) is 0 Å². The van der Waals surface area contributed by atoms with Gasteiger partial charge in [-0.3, -0.25) is 4.79 Å². The number of rotatable bonds is 3. The van der Waals surface area contributed by atoms with E-state index in [1.807, 2.05) is 18.2 Å². The summed E-state index contributed by atoms with van der Waals surface area (Å²) in [7, 11) is 0. The van der Waals surface area contributed by atoms with Gasteiger partial charge in [0.15, 0.2) is 5.60 Å². The van der Waals surface area contributed by atoms with Crippen molar-refractivity contribution in [3.05, 3.63) is 29.8 Å². The Kier molecular flexibility index (Phi) is 3.73. The lowest BCUT2D eigenvalue weighted by molar-refractivity contribution is -0.139. The summed E-state index contributed by atoms with van der Waals surface area (Å²) in [5.74, 6) is -0.295. The summed E-state index contributed by atoms with van der Waals surface area (Å²) in [5, 5.41) is 23.9. The maximum atomic E-state index is 12.9. The van der Waals surface area contributed by atoms with Gasteiger partial charge in [0.1, 0.15) is 0 Å². The van der Waals surface area contributed by atoms with Gasteiger partial charge in [-0.25, -0.2) is 0 Å². The summed E-state index contributed by atoms with van der Waals surface area (Å²) >= 11 is 0. The van der Waals surface area contributed by atoms with Crippen molar-refractivity contribution < 1.29 is 15.0 Å². The van der Waals surface area contributed by atoms with Gasteiger partial charge in [-0.2, -0.15) is 0 Å². The van der Waals surface area contributed by atoms with E-state index in [9.17, 15) is 15.0 Å². The number of amides is 1. The highest BCUT2D eigenvalue weighted by Crippen LogP contribution is 2.44. The summed E-state index contributed by atoms with van der Waals surface area (Å²) < 4.78 is 0. The molecule has 2 aliphatic heterocycles. The van der Waals surface area contributed by atoms with E-state index in [0.29, 0.717) is 5.56 Å². The molecule has 1 aromatic carbocycles. The topological polar surface area (TPSA) is 72.8 Å². The summed E-state index contributed by atoms with van der Waals surface area (Å²) in [6, 6.07) is 7.49. The molecule has 2 heterocycles. The van der Waals surface area contributed by atoms with Gasteiger partial charge in [-0.15, -0.1) is 0 Å². The molecule has 2 atom stereocenters. The van der Waals surface area contributed by atoms with Gasteiger partial charge in [0, 0.05) is 18.0 Å². The minimum Gasteiger partial charge on any atom is -0.393 e. The molecule has 1 saturated heterocycles. The Balaban J connectivity index is 2.01. The summed E-state index contributed by atoms with van der Waals surface area (Å²) in [5.41, 5.74) is -0.192. The number of hydrogen-bond acceptors (Lipinski definition) is 4. The molecule has 5 nitrogen and oxygen atoms in total. The van der Waals surface area contributed by atoms with E-state index in [-0.39, 0.29) is 18.4 Å². The number of hydrogen-bond donors (Lipinski definition) is 3. The van der Waals surface area contributed by atoms with Gasteiger partial charge in [-0.1, -0.05) is 18.2 Å². The SMILES string of the molecule is CC(O)CC1(O)C(=O)N(C2CCNCC2)c2ccccc21. The first-order valence-corrected chi connectivity index (χ1v) is 7.58. The lowest BCUT2D eigenvalue weighted by Crippen LogP contribution is -2.49. The Morgan fingerprint density at radius 2 is 2.05 bits per heavy atom. The molecular weight excluding hydrogens is 268 g/mol. The number of nitrogens with zero attached hydrogens (tertiary/aromatic N) is 1. The summed E-state index contributed by atoms with van der Waals surface area (Å²) in [6.07, 6.45) is 1.06. The number of anilines is 1. The van der Waals surface area contributed by atoms with Crippen LogP contribution in [-0.4, -0.2) is 41.4 Å². The van der Waals surface area contributed by atoms with Crippen LogP contribution in [0.5, 0.6) is 0 Å². The quantitative estimate of drug-likeness (QED) is 0.768. The molecule has 2 unspecified atom stereocenters. The Hall–Kier alpha value is -1.43. The first-order chi connectivity index (χ1) is 10.0. The normalized spacial score (nSPS) is 27.8. The van der Waals surface area contributed by atoms with E-state index < -0.39 is 11.7 Å². The maximum absolute atomic E-state index is 12.9. The highest BCUT2D eigenvalue weighted by Gasteiger charge is 2.51. The number of carbonyl (C=O) groups excluding carboxylic acids is 1. The van der Waals surface area contributed by atoms with Crippen molar-refractivity contribution in [3.8, 4) is 0 Å². The number of aliphatic hydroxyl groups excluding tert-OH is 1. The van der Waals surface area contributed by atoms with Crippen molar-refractivity contribution in [2.24, 2.45) is 0 Å². The molecule has 0 aliphatic carbocycles. The van der Waals surface area contributed by atoms with E-state index in [2.05, 4.69) is 5.32 Å². The molecule has 5 heteroatoms. The lowest BCUT2D eigenvalue weighted by atomic mass is 9.90. The second kappa shape index (κ2) is 5.40. The summed E-state index contributed by atoms with van der Waals surface area (Å²) in [4.78, 5) is 14.6. The van der Waals surface area contributed by atoms with Crippen LogP contribution in [0.4, 0.5) is 5.69 Å². The van der Waals surface area contributed by atoms with Crippen LogP contribution in [0.1, 0.15) is 31.7 Å². The smallest absolute Gasteiger partial charge is 0.264 e. The Morgan fingerprint density at radius 1 is 1.38 bits per heavy atom. The van der Waals surface area contributed by atoms with E-state index in [4.69, 9.17) is 0 Å². The van der Waals surface area contributed by atoms with Crippen LogP contribution in [0.15, 0.2) is 24.3 Å². The molecular formula is C16H22N2O3. The number of para-hydroxylation sites is 1. The zero-order valence-electron chi connectivity index (χ0n) is 12.2. The average Bonchev–Trinajstić information content (AvgIpc) is 2.68.